The number of fused-ring (bicyclic) bond motifs is 3. The molecule has 2 atom stereocenters. The molecule has 2 aromatic heterocycles. The maximum atomic E-state index is 13.3. The van der Waals surface area contributed by atoms with E-state index in [0.717, 1.165) is 42.2 Å². The molecule has 5 rings (SSSR count). The smallest absolute Gasteiger partial charge is 0.271 e. The SMILES string of the molecule is COc1ccc(CN2C(=O)c3cccn3[C@H]3CN(Cc4cccnc4OC)C[C@H]32)cc1. The van der Waals surface area contributed by atoms with Gasteiger partial charge in [0.25, 0.3) is 5.91 Å². The van der Waals surface area contributed by atoms with Crippen LogP contribution in [0.15, 0.2) is 60.9 Å². The molecule has 0 aliphatic carbocycles. The summed E-state index contributed by atoms with van der Waals surface area (Å²) in [5, 5.41) is 0. The van der Waals surface area contributed by atoms with Crippen molar-refractivity contribution in [2.24, 2.45) is 0 Å². The Bertz CT molecular complexity index is 1080. The van der Waals surface area contributed by atoms with Gasteiger partial charge in [-0.3, -0.25) is 9.69 Å². The number of rotatable bonds is 6. The number of carbonyl (C=O) groups is 1. The summed E-state index contributed by atoms with van der Waals surface area (Å²) >= 11 is 0. The third-order valence-corrected chi connectivity index (χ3v) is 6.30. The van der Waals surface area contributed by atoms with Crippen molar-refractivity contribution >= 4 is 5.91 Å². The minimum atomic E-state index is 0.0860. The summed E-state index contributed by atoms with van der Waals surface area (Å²) in [6.07, 6.45) is 3.78. The van der Waals surface area contributed by atoms with Crippen LogP contribution >= 0.6 is 0 Å². The molecule has 0 spiro atoms. The highest BCUT2D eigenvalue weighted by atomic mass is 16.5. The number of likely N-dealkylation sites (tertiary alicyclic amines) is 1. The highest BCUT2D eigenvalue weighted by Gasteiger charge is 2.44. The van der Waals surface area contributed by atoms with Crippen molar-refractivity contribution in [2.75, 3.05) is 27.3 Å². The van der Waals surface area contributed by atoms with Crippen molar-refractivity contribution in [3.63, 3.8) is 0 Å². The van der Waals surface area contributed by atoms with E-state index in [4.69, 9.17) is 9.47 Å². The fourth-order valence-electron chi connectivity index (χ4n) is 4.80. The van der Waals surface area contributed by atoms with Crippen molar-refractivity contribution in [3.05, 3.63) is 77.7 Å². The Hall–Kier alpha value is -3.32. The number of benzene rings is 1. The highest BCUT2D eigenvalue weighted by Crippen LogP contribution is 2.35. The summed E-state index contributed by atoms with van der Waals surface area (Å²) in [4.78, 5) is 22.1. The predicted octanol–water partition coefficient (Wildman–Crippen LogP) is 2.98. The first-order valence-electron chi connectivity index (χ1n) is 10.5. The van der Waals surface area contributed by atoms with Gasteiger partial charge < -0.3 is 18.9 Å². The van der Waals surface area contributed by atoms with Crippen molar-refractivity contribution < 1.29 is 14.3 Å². The van der Waals surface area contributed by atoms with Crippen molar-refractivity contribution in [1.29, 1.82) is 0 Å². The Morgan fingerprint density at radius 2 is 1.77 bits per heavy atom. The van der Waals surface area contributed by atoms with Crippen LogP contribution in [0.3, 0.4) is 0 Å². The Morgan fingerprint density at radius 3 is 2.55 bits per heavy atom. The first-order valence-corrected chi connectivity index (χ1v) is 10.5. The van der Waals surface area contributed by atoms with Gasteiger partial charge in [0.05, 0.1) is 26.3 Å². The topological polar surface area (TPSA) is 59.8 Å². The molecule has 1 saturated heterocycles. The van der Waals surface area contributed by atoms with Gasteiger partial charge in [-0.15, -0.1) is 0 Å². The Balaban J connectivity index is 1.41. The zero-order valence-electron chi connectivity index (χ0n) is 17.8. The molecule has 2 aliphatic rings. The van der Waals surface area contributed by atoms with Gasteiger partial charge in [-0.1, -0.05) is 18.2 Å². The van der Waals surface area contributed by atoms with E-state index in [1.54, 1.807) is 20.4 Å². The molecule has 1 fully saturated rings. The van der Waals surface area contributed by atoms with E-state index in [-0.39, 0.29) is 18.0 Å². The first kappa shape index (κ1) is 19.6. The Kier molecular flexibility index (Phi) is 5.11. The first-order chi connectivity index (χ1) is 15.2. The molecule has 7 heteroatoms. The van der Waals surface area contributed by atoms with Crippen LogP contribution in [0.4, 0.5) is 0 Å². The third-order valence-electron chi connectivity index (χ3n) is 6.30. The summed E-state index contributed by atoms with van der Waals surface area (Å²) in [6, 6.07) is 16.2. The standard InChI is InChI=1S/C24H26N4O3/c1-30-19-9-7-17(8-10-19)13-28-22-16-26(14-18-5-3-11-25-23(18)31-2)15-21(22)27-12-4-6-20(27)24(28)29/h3-12,21-22H,13-16H2,1-2H3/t21-,22+/m0/s1. The van der Waals surface area contributed by atoms with Gasteiger partial charge >= 0.3 is 0 Å². The molecule has 31 heavy (non-hydrogen) atoms. The fraction of sp³-hybridized carbons (Fsp3) is 0.333. The Labute approximate surface area is 181 Å². The lowest BCUT2D eigenvalue weighted by molar-refractivity contribution is 0.0556. The van der Waals surface area contributed by atoms with Crippen LogP contribution in [-0.2, 0) is 13.1 Å². The van der Waals surface area contributed by atoms with Crippen LogP contribution in [-0.4, -0.2) is 58.6 Å². The lowest BCUT2D eigenvalue weighted by atomic mass is 10.0. The molecular formula is C24H26N4O3. The van der Waals surface area contributed by atoms with Crippen LogP contribution in [0.5, 0.6) is 11.6 Å². The molecule has 0 unspecified atom stereocenters. The highest BCUT2D eigenvalue weighted by molar-refractivity contribution is 5.94. The lowest BCUT2D eigenvalue weighted by Gasteiger charge is -2.38. The molecule has 2 aliphatic heterocycles. The zero-order chi connectivity index (χ0) is 21.4. The zero-order valence-corrected chi connectivity index (χ0v) is 17.8. The number of nitrogens with zero attached hydrogens (tertiary/aromatic N) is 4. The summed E-state index contributed by atoms with van der Waals surface area (Å²) in [5.41, 5.74) is 2.92. The van der Waals surface area contributed by atoms with Crippen molar-refractivity contribution in [3.8, 4) is 11.6 Å². The summed E-state index contributed by atoms with van der Waals surface area (Å²) in [7, 11) is 3.31. The molecule has 1 aromatic carbocycles. The van der Waals surface area contributed by atoms with Crippen LogP contribution in [0, 0.1) is 0 Å². The van der Waals surface area contributed by atoms with Gasteiger partial charge in [0.1, 0.15) is 11.4 Å². The van der Waals surface area contributed by atoms with Gasteiger partial charge in [-0.25, -0.2) is 4.98 Å². The number of carbonyl (C=O) groups excluding carboxylic acids is 1. The minimum Gasteiger partial charge on any atom is -0.497 e. The molecule has 160 valence electrons. The number of amides is 1. The second-order valence-electron chi connectivity index (χ2n) is 8.08. The quantitative estimate of drug-likeness (QED) is 0.616. The fourth-order valence-corrected chi connectivity index (χ4v) is 4.80. The van der Waals surface area contributed by atoms with E-state index in [1.165, 1.54) is 0 Å². The maximum Gasteiger partial charge on any atom is 0.271 e. The van der Waals surface area contributed by atoms with Crippen LogP contribution in [0.25, 0.3) is 0 Å². The molecule has 1 amide bonds. The maximum absolute atomic E-state index is 13.3. The number of ether oxygens (including phenoxy) is 2. The normalized spacial score (nSPS) is 20.5. The largest absolute Gasteiger partial charge is 0.497 e. The number of methoxy groups -OCH3 is 2. The number of aromatic nitrogens is 2. The van der Waals surface area contributed by atoms with E-state index >= 15 is 0 Å². The molecule has 7 nitrogen and oxygen atoms in total. The van der Waals surface area contributed by atoms with E-state index in [9.17, 15) is 4.79 Å². The van der Waals surface area contributed by atoms with Crippen molar-refractivity contribution in [2.45, 2.75) is 25.2 Å². The summed E-state index contributed by atoms with van der Waals surface area (Å²) in [6.45, 7) is 3.00. The van der Waals surface area contributed by atoms with Gasteiger partial charge in [0.15, 0.2) is 0 Å². The summed E-state index contributed by atoms with van der Waals surface area (Å²) < 4.78 is 12.9. The van der Waals surface area contributed by atoms with E-state index in [1.807, 2.05) is 53.6 Å². The second-order valence-corrected chi connectivity index (χ2v) is 8.08. The van der Waals surface area contributed by atoms with E-state index in [0.29, 0.717) is 12.4 Å². The van der Waals surface area contributed by atoms with Gasteiger partial charge in [0, 0.05) is 44.1 Å². The average Bonchev–Trinajstić information content (AvgIpc) is 3.45. The van der Waals surface area contributed by atoms with Gasteiger partial charge in [0.2, 0.25) is 5.88 Å². The van der Waals surface area contributed by atoms with E-state index in [2.05, 4.69) is 20.5 Å². The third kappa shape index (κ3) is 3.55. The average molecular weight is 418 g/mol. The minimum absolute atomic E-state index is 0.0860. The molecule has 0 bridgehead atoms. The van der Waals surface area contributed by atoms with Gasteiger partial charge in [-0.05, 0) is 35.9 Å². The van der Waals surface area contributed by atoms with Crippen molar-refractivity contribution in [1.82, 2.24) is 19.4 Å². The predicted molar refractivity (Wildman–Crippen MR) is 116 cm³/mol. The molecule has 0 radical (unpaired) electrons. The molecule has 0 saturated carbocycles. The van der Waals surface area contributed by atoms with Crippen LogP contribution in [0.2, 0.25) is 0 Å². The molecule has 3 aromatic rings. The Morgan fingerprint density at radius 1 is 0.968 bits per heavy atom. The number of pyridine rings is 1. The molecule has 4 heterocycles. The molecule has 0 N–H and O–H groups in total. The summed E-state index contributed by atoms with van der Waals surface area (Å²) in [5.74, 6) is 1.56. The van der Waals surface area contributed by atoms with Gasteiger partial charge in [-0.2, -0.15) is 0 Å². The molecular weight excluding hydrogens is 392 g/mol. The number of hydrogen-bond acceptors (Lipinski definition) is 5. The second kappa shape index (κ2) is 8.07. The van der Waals surface area contributed by atoms with E-state index < -0.39 is 0 Å². The lowest BCUT2D eigenvalue weighted by Crippen LogP contribution is -2.49. The number of hydrogen-bond donors (Lipinski definition) is 0. The monoisotopic (exact) mass is 418 g/mol. The van der Waals surface area contributed by atoms with Crippen LogP contribution < -0.4 is 9.47 Å². The van der Waals surface area contributed by atoms with Crippen LogP contribution in [0.1, 0.15) is 27.7 Å².